The van der Waals surface area contributed by atoms with Crippen LogP contribution in [0.25, 0.3) is 96.7 Å². The zero-order valence-electron chi connectivity index (χ0n) is 35.8. The predicted molar refractivity (Wildman–Crippen MR) is 274 cm³/mol. The number of aromatic nitrogens is 1. The fourth-order valence-electron chi connectivity index (χ4n) is 11.0. The molecule has 2 unspecified atom stereocenters. The number of nitrogens with zero attached hydrogens (tertiary/aromatic N) is 2. The molecule has 0 amide bonds. The van der Waals surface area contributed by atoms with Gasteiger partial charge in [-0.25, -0.2) is 0 Å². The van der Waals surface area contributed by atoms with Crippen molar-refractivity contribution in [1.82, 2.24) is 4.57 Å². The summed E-state index contributed by atoms with van der Waals surface area (Å²) in [6.45, 7) is 4.73. The average Bonchev–Trinajstić information content (AvgIpc) is 4.01. The molecule has 12 aromatic rings. The molecule has 1 aliphatic heterocycles. The molecule has 306 valence electrons. The van der Waals surface area contributed by atoms with Crippen molar-refractivity contribution in [3.05, 3.63) is 205 Å². The standard InChI is InChI=1S/C60H44N2OS/c1-3-41-42(37-16-5-4-6-17-37)30-28-36(2)58(61-59(41)47-24-15-27-55-57(47)46-23-12-14-26-54(46)63-55)50-35-56-49(45-31-29-38-18-9-10-21-43(38)60(45)64-56)34-53(50)62-51-25-13-11-22-44(51)48-32-39-19-7-8-20-40(39)33-52(48)62/h4-27,29-36,41,59H,3,28H2,1-2H3/b42-30+,61-58+/t36-,41?,59?/m1/s1. The zero-order valence-corrected chi connectivity index (χ0v) is 36.6. The first-order valence-electron chi connectivity index (χ1n) is 22.7. The van der Waals surface area contributed by atoms with Gasteiger partial charge in [0, 0.05) is 64.8 Å². The molecule has 3 nitrogen and oxygen atoms in total. The van der Waals surface area contributed by atoms with Crippen LogP contribution in [0.4, 0.5) is 0 Å². The molecule has 9 aromatic carbocycles. The molecular weight excluding hydrogens is 797 g/mol. The minimum Gasteiger partial charge on any atom is -0.456 e. The molecule has 3 aromatic heterocycles. The van der Waals surface area contributed by atoms with Gasteiger partial charge in [-0.3, -0.25) is 4.99 Å². The minimum absolute atomic E-state index is 0.111. The van der Waals surface area contributed by atoms with Crippen molar-refractivity contribution in [3.8, 4) is 5.69 Å². The van der Waals surface area contributed by atoms with E-state index in [1.54, 1.807) is 0 Å². The topological polar surface area (TPSA) is 30.4 Å². The van der Waals surface area contributed by atoms with Crippen LogP contribution < -0.4 is 0 Å². The SMILES string of the molecule is CCC1/C(c2ccccc2)=C/C[C@@H](C)/C(c2cc3sc4c5ccccc5ccc4c3cc2-n2c3ccccc3c3cc4ccccc4cc32)=N\C1c1cccc2oc3ccccc3c12. The number of thiophene rings is 1. The van der Waals surface area contributed by atoms with E-state index in [4.69, 9.17) is 9.41 Å². The first kappa shape index (κ1) is 37.3. The highest BCUT2D eigenvalue weighted by atomic mass is 32.1. The van der Waals surface area contributed by atoms with Crippen molar-refractivity contribution < 1.29 is 4.42 Å². The minimum atomic E-state index is -0.184. The first-order chi connectivity index (χ1) is 31.6. The summed E-state index contributed by atoms with van der Waals surface area (Å²) in [7, 11) is 0. The Kier molecular flexibility index (Phi) is 8.54. The number of furan rings is 1. The Hall–Kier alpha value is -7.27. The monoisotopic (exact) mass is 840 g/mol. The molecule has 0 fully saturated rings. The van der Waals surface area contributed by atoms with Crippen LogP contribution in [0.15, 0.2) is 197 Å². The quantitative estimate of drug-likeness (QED) is 0.170. The summed E-state index contributed by atoms with van der Waals surface area (Å²) in [5, 5.41) is 12.4. The first-order valence-corrected chi connectivity index (χ1v) is 23.5. The molecule has 0 radical (unpaired) electrons. The molecule has 64 heavy (non-hydrogen) atoms. The van der Waals surface area contributed by atoms with E-state index < -0.39 is 0 Å². The summed E-state index contributed by atoms with van der Waals surface area (Å²) >= 11 is 1.91. The Morgan fingerprint density at radius 1 is 0.594 bits per heavy atom. The molecule has 13 rings (SSSR count). The van der Waals surface area contributed by atoms with Crippen LogP contribution in [0.3, 0.4) is 0 Å². The van der Waals surface area contributed by atoms with E-state index >= 15 is 0 Å². The van der Waals surface area contributed by atoms with Crippen molar-refractivity contribution in [1.29, 1.82) is 0 Å². The van der Waals surface area contributed by atoms with Gasteiger partial charge in [-0.05, 0) is 93.6 Å². The molecule has 0 N–H and O–H groups in total. The number of allylic oxidation sites excluding steroid dienone is 1. The summed E-state index contributed by atoms with van der Waals surface area (Å²) < 4.78 is 11.7. The van der Waals surface area contributed by atoms with Gasteiger partial charge in [0.25, 0.3) is 0 Å². The molecule has 0 saturated heterocycles. The summed E-state index contributed by atoms with van der Waals surface area (Å²) in [6, 6.07) is 66.8. The van der Waals surface area contributed by atoms with Crippen molar-refractivity contribution in [2.45, 2.75) is 32.7 Å². The number of benzene rings is 9. The van der Waals surface area contributed by atoms with Crippen LogP contribution in [0, 0.1) is 11.8 Å². The van der Waals surface area contributed by atoms with Gasteiger partial charge >= 0.3 is 0 Å². The maximum absolute atomic E-state index is 6.58. The van der Waals surface area contributed by atoms with Gasteiger partial charge in [-0.1, -0.05) is 159 Å². The molecule has 4 heterocycles. The molecule has 0 spiro atoms. The third kappa shape index (κ3) is 5.68. The van der Waals surface area contributed by atoms with E-state index in [0.717, 1.165) is 40.5 Å². The number of aliphatic imine (C=N–C) groups is 1. The van der Waals surface area contributed by atoms with Gasteiger partial charge in [0.2, 0.25) is 0 Å². The Morgan fingerprint density at radius 3 is 2.16 bits per heavy atom. The van der Waals surface area contributed by atoms with Gasteiger partial charge in [0.1, 0.15) is 11.2 Å². The molecule has 0 bridgehead atoms. The van der Waals surface area contributed by atoms with Gasteiger partial charge in [0.15, 0.2) is 0 Å². The van der Waals surface area contributed by atoms with Gasteiger partial charge in [-0.15, -0.1) is 11.3 Å². The predicted octanol–water partition coefficient (Wildman–Crippen LogP) is 17.0. The van der Waals surface area contributed by atoms with Crippen LogP contribution in [-0.2, 0) is 0 Å². The van der Waals surface area contributed by atoms with Gasteiger partial charge in [-0.2, -0.15) is 0 Å². The molecule has 1 aliphatic rings. The normalized spacial score (nSPS) is 18.9. The van der Waals surface area contributed by atoms with Crippen LogP contribution >= 0.6 is 11.3 Å². The van der Waals surface area contributed by atoms with E-state index in [0.29, 0.717) is 0 Å². The van der Waals surface area contributed by atoms with E-state index in [-0.39, 0.29) is 17.9 Å². The second kappa shape index (κ2) is 14.7. The number of para-hydroxylation sites is 2. The van der Waals surface area contributed by atoms with Crippen LogP contribution in [-0.4, -0.2) is 10.3 Å². The van der Waals surface area contributed by atoms with Crippen molar-refractivity contribution in [3.63, 3.8) is 0 Å². The largest absolute Gasteiger partial charge is 0.456 e. The van der Waals surface area contributed by atoms with Gasteiger partial charge < -0.3 is 8.98 Å². The number of hydrogen-bond acceptors (Lipinski definition) is 3. The Balaban J connectivity index is 1.15. The molecule has 3 atom stereocenters. The third-order valence-electron chi connectivity index (χ3n) is 14.1. The van der Waals surface area contributed by atoms with Crippen molar-refractivity contribution in [2.75, 3.05) is 0 Å². The van der Waals surface area contributed by atoms with Crippen LogP contribution in [0.5, 0.6) is 0 Å². The lowest BCUT2D eigenvalue weighted by Gasteiger charge is -2.32. The van der Waals surface area contributed by atoms with Crippen molar-refractivity contribution in [2.24, 2.45) is 16.8 Å². The lowest BCUT2D eigenvalue weighted by molar-refractivity contribution is 0.516. The Bertz CT molecular complexity index is 3900. The summed E-state index contributed by atoms with van der Waals surface area (Å²) in [6.07, 6.45) is 4.34. The number of fused-ring (bicyclic) bond motifs is 12. The smallest absolute Gasteiger partial charge is 0.135 e. The fourth-order valence-corrected chi connectivity index (χ4v) is 12.3. The van der Waals surface area contributed by atoms with E-state index in [1.807, 2.05) is 11.3 Å². The maximum atomic E-state index is 6.58. The third-order valence-corrected chi connectivity index (χ3v) is 15.3. The maximum Gasteiger partial charge on any atom is 0.135 e. The van der Waals surface area contributed by atoms with Crippen molar-refractivity contribution >= 4 is 108 Å². The highest BCUT2D eigenvalue weighted by molar-refractivity contribution is 7.26. The van der Waals surface area contributed by atoms with Crippen LogP contribution in [0.1, 0.15) is 49.4 Å². The Morgan fingerprint density at radius 2 is 1.31 bits per heavy atom. The second-order valence-corrected chi connectivity index (χ2v) is 18.7. The number of hydrogen-bond donors (Lipinski definition) is 0. The molecular formula is C60H44N2OS. The Labute approximate surface area is 375 Å². The average molecular weight is 841 g/mol. The molecule has 0 aliphatic carbocycles. The lowest BCUT2D eigenvalue weighted by atomic mass is 9.78. The highest BCUT2D eigenvalue weighted by Crippen LogP contribution is 2.48. The van der Waals surface area contributed by atoms with Crippen LogP contribution in [0.2, 0.25) is 0 Å². The summed E-state index contributed by atoms with van der Waals surface area (Å²) in [5.74, 6) is 0.228. The molecule has 0 saturated carbocycles. The molecule has 4 heteroatoms. The summed E-state index contributed by atoms with van der Waals surface area (Å²) in [4.78, 5) is 6.24. The number of rotatable bonds is 5. The zero-order chi connectivity index (χ0) is 42.5. The summed E-state index contributed by atoms with van der Waals surface area (Å²) in [5.41, 5.74) is 11.6. The second-order valence-electron chi connectivity index (χ2n) is 17.7. The fraction of sp³-hybridized carbons (Fsp3) is 0.117. The van der Waals surface area contributed by atoms with Gasteiger partial charge in [0.05, 0.1) is 22.8 Å². The van der Waals surface area contributed by atoms with E-state index in [9.17, 15) is 0 Å². The lowest BCUT2D eigenvalue weighted by Crippen LogP contribution is -2.23. The highest BCUT2D eigenvalue weighted by Gasteiger charge is 2.33. The van der Waals surface area contributed by atoms with E-state index in [1.165, 1.54) is 91.5 Å². The van der Waals surface area contributed by atoms with E-state index in [2.05, 4.69) is 206 Å².